The number of piperazine rings is 1. The summed E-state index contributed by atoms with van der Waals surface area (Å²) in [6.45, 7) is 6.49. The Balaban J connectivity index is 1.52. The molecule has 0 saturated carbocycles. The van der Waals surface area contributed by atoms with Gasteiger partial charge in [-0.05, 0) is 62.5 Å². The van der Waals surface area contributed by atoms with Crippen molar-refractivity contribution in [2.45, 2.75) is 6.92 Å². The predicted octanol–water partition coefficient (Wildman–Crippen LogP) is 2.41. The highest BCUT2D eigenvalue weighted by atomic mass is 16.5. The van der Waals surface area contributed by atoms with Crippen LogP contribution in [-0.2, 0) is 9.59 Å². The first-order chi connectivity index (χ1) is 13.5. The normalized spacial score (nSPS) is 14.4. The van der Waals surface area contributed by atoms with Gasteiger partial charge in [0.05, 0.1) is 6.61 Å². The average molecular weight is 382 g/mol. The summed E-state index contributed by atoms with van der Waals surface area (Å²) in [5, 5.41) is 5.21. The number of likely N-dealkylation sites (N-methyl/N-ethyl adjacent to an activating group) is 1. The number of carbonyl (C=O) groups is 2. The SMILES string of the molecule is CCOc1ccc(NC(=O)C(=O)Nc2ccc(N3CCN(C)CC3)cc2)cc1. The van der Waals surface area contributed by atoms with Gasteiger partial charge in [-0.2, -0.15) is 0 Å². The third-order valence-corrected chi connectivity index (χ3v) is 4.62. The van der Waals surface area contributed by atoms with E-state index in [2.05, 4.69) is 27.5 Å². The second kappa shape index (κ2) is 9.23. The number of ether oxygens (including phenoxy) is 1. The van der Waals surface area contributed by atoms with E-state index in [1.807, 2.05) is 31.2 Å². The number of anilines is 3. The van der Waals surface area contributed by atoms with Crippen molar-refractivity contribution in [3.63, 3.8) is 0 Å². The van der Waals surface area contributed by atoms with Gasteiger partial charge in [-0.25, -0.2) is 0 Å². The lowest BCUT2D eigenvalue weighted by Crippen LogP contribution is -2.44. The lowest BCUT2D eigenvalue weighted by atomic mass is 10.2. The van der Waals surface area contributed by atoms with Crippen LogP contribution in [0.4, 0.5) is 17.1 Å². The summed E-state index contributed by atoms with van der Waals surface area (Å²) >= 11 is 0. The minimum atomic E-state index is -0.715. The third-order valence-electron chi connectivity index (χ3n) is 4.62. The zero-order valence-electron chi connectivity index (χ0n) is 16.3. The summed E-state index contributed by atoms with van der Waals surface area (Å²) in [4.78, 5) is 28.9. The molecule has 1 aliphatic heterocycles. The molecule has 28 heavy (non-hydrogen) atoms. The van der Waals surface area contributed by atoms with Crippen molar-refractivity contribution < 1.29 is 14.3 Å². The smallest absolute Gasteiger partial charge is 0.314 e. The van der Waals surface area contributed by atoms with Crippen LogP contribution in [0.5, 0.6) is 5.75 Å². The van der Waals surface area contributed by atoms with Gasteiger partial charge < -0.3 is 25.2 Å². The highest BCUT2D eigenvalue weighted by molar-refractivity contribution is 6.43. The van der Waals surface area contributed by atoms with Gasteiger partial charge in [-0.3, -0.25) is 9.59 Å². The molecule has 2 N–H and O–H groups in total. The zero-order valence-corrected chi connectivity index (χ0v) is 16.3. The molecule has 0 aliphatic carbocycles. The Morgan fingerprint density at radius 3 is 1.86 bits per heavy atom. The quantitative estimate of drug-likeness (QED) is 0.777. The maximum Gasteiger partial charge on any atom is 0.314 e. The molecule has 2 amide bonds. The molecule has 7 nitrogen and oxygen atoms in total. The second-order valence-electron chi connectivity index (χ2n) is 6.70. The number of hydrogen-bond acceptors (Lipinski definition) is 5. The summed E-state index contributed by atoms with van der Waals surface area (Å²) in [6, 6.07) is 14.4. The number of hydrogen-bond donors (Lipinski definition) is 2. The van der Waals surface area contributed by atoms with Crippen LogP contribution in [0.15, 0.2) is 48.5 Å². The molecule has 0 atom stereocenters. The van der Waals surface area contributed by atoms with Crippen LogP contribution in [0.1, 0.15) is 6.92 Å². The molecule has 2 aromatic carbocycles. The van der Waals surface area contributed by atoms with Gasteiger partial charge in [0.25, 0.3) is 0 Å². The molecule has 0 bridgehead atoms. The Bertz CT molecular complexity index is 797. The Hall–Kier alpha value is -3.06. The first-order valence-corrected chi connectivity index (χ1v) is 9.44. The summed E-state index contributed by atoms with van der Waals surface area (Å²) < 4.78 is 5.35. The topological polar surface area (TPSA) is 73.9 Å². The zero-order chi connectivity index (χ0) is 19.9. The predicted molar refractivity (Wildman–Crippen MR) is 111 cm³/mol. The van der Waals surface area contributed by atoms with Crippen LogP contribution < -0.4 is 20.3 Å². The molecule has 7 heteroatoms. The van der Waals surface area contributed by atoms with Gasteiger partial charge >= 0.3 is 11.8 Å². The number of nitrogens with zero attached hydrogens (tertiary/aromatic N) is 2. The van der Waals surface area contributed by atoms with E-state index in [-0.39, 0.29) is 0 Å². The molecular weight excluding hydrogens is 356 g/mol. The summed E-state index contributed by atoms with van der Waals surface area (Å²) in [5.74, 6) is -0.709. The van der Waals surface area contributed by atoms with E-state index in [4.69, 9.17) is 4.74 Å². The number of amides is 2. The molecule has 1 fully saturated rings. The monoisotopic (exact) mass is 382 g/mol. The molecule has 1 saturated heterocycles. The minimum absolute atomic E-state index is 0.536. The Labute approximate surface area is 165 Å². The van der Waals surface area contributed by atoms with Crippen LogP contribution in [0.3, 0.4) is 0 Å². The number of benzene rings is 2. The maximum atomic E-state index is 12.1. The van der Waals surface area contributed by atoms with E-state index in [9.17, 15) is 9.59 Å². The maximum absolute atomic E-state index is 12.1. The Morgan fingerprint density at radius 1 is 0.857 bits per heavy atom. The van der Waals surface area contributed by atoms with Gasteiger partial charge in [-0.15, -0.1) is 0 Å². The highest BCUT2D eigenvalue weighted by Crippen LogP contribution is 2.20. The van der Waals surface area contributed by atoms with Gasteiger partial charge in [0.15, 0.2) is 0 Å². The van der Waals surface area contributed by atoms with Crippen molar-refractivity contribution in [1.29, 1.82) is 0 Å². The fourth-order valence-electron chi connectivity index (χ4n) is 3.00. The lowest BCUT2D eigenvalue weighted by molar-refractivity contribution is -0.132. The van der Waals surface area contributed by atoms with Gasteiger partial charge in [0.1, 0.15) is 5.75 Å². The lowest BCUT2D eigenvalue weighted by Gasteiger charge is -2.34. The molecular formula is C21H26N4O3. The van der Waals surface area contributed by atoms with Crippen molar-refractivity contribution in [3.8, 4) is 5.75 Å². The van der Waals surface area contributed by atoms with E-state index in [0.29, 0.717) is 23.7 Å². The van der Waals surface area contributed by atoms with Gasteiger partial charge in [0, 0.05) is 43.2 Å². The first kappa shape index (κ1) is 19.7. The standard InChI is InChI=1S/C21H26N4O3/c1-3-28-19-10-6-17(7-11-19)23-21(27)20(26)22-16-4-8-18(9-5-16)25-14-12-24(2)13-15-25/h4-11H,3,12-15H2,1-2H3,(H,22,26)(H,23,27). The van der Waals surface area contributed by atoms with Crippen molar-refractivity contribution in [2.75, 3.05) is 55.4 Å². The fourth-order valence-corrected chi connectivity index (χ4v) is 3.00. The molecule has 0 unspecified atom stereocenters. The second-order valence-corrected chi connectivity index (χ2v) is 6.70. The highest BCUT2D eigenvalue weighted by Gasteiger charge is 2.16. The van der Waals surface area contributed by atoms with E-state index in [1.54, 1.807) is 24.3 Å². The van der Waals surface area contributed by atoms with Crippen LogP contribution >= 0.6 is 0 Å². The summed E-state index contributed by atoms with van der Waals surface area (Å²) in [6.07, 6.45) is 0. The summed E-state index contributed by atoms with van der Waals surface area (Å²) in [5.41, 5.74) is 2.24. The van der Waals surface area contributed by atoms with Crippen LogP contribution in [-0.4, -0.2) is 56.5 Å². The largest absolute Gasteiger partial charge is 0.494 e. The number of carbonyl (C=O) groups excluding carboxylic acids is 2. The molecule has 2 aromatic rings. The molecule has 0 spiro atoms. The van der Waals surface area contributed by atoms with E-state index in [1.165, 1.54) is 0 Å². The average Bonchev–Trinajstić information content (AvgIpc) is 2.71. The van der Waals surface area contributed by atoms with Crippen molar-refractivity contribution in [2.24, 2.45) is 0 Å². The summed E-state index contributed by atoms with van der Waals surface area (Å²) in [7, 11) is 2.12. The van der Waals surface area contributed by atoms with Crippen LogP contribution in [0.2, 0.25) is 0 Å². The van der Waals surface area contributed by atoms with Gasteiger partial charge in [-0.1, -0.05) is 0 Å². The minimum Gasteiger partial charge on any atom is -0.494 e. The van der Waals surface area contributed by atoms with Crippen LogP contribution in [0.25, 0.3) is 0 Å². The number of rotatable bonds is 5. The Morgan fingerprint density at radius 2 is 1.36 bits per heavy atom. The third kappa shape index (κ3) is 5.23. The molecule has 0 radical (unpaired) electrons. The molecule has 0 aromatic heterocycles. The molecule has 148 valence electrons. The molecule has 3 rings (SSSR count). The molecule has 1 heterocycles. The van der Waals surface area contributed by atoms with Crippen molar-refractivity contribution >= 4 is 28.9 Å². The van der Waals surface area contributed by atoms with Gasteiger partial charge in [0.2, 0.25) is 0 Å². The van der Waals surface area contributed by atoms with E-state index in [0.717, 1.165) is 31.9 Å². The Kier molecular flexibility index (Phi) is 6.49. The van der Waals surface area contributed by atoms with Crippen molar-refractivity contribution in [3.05, 3.63) is 48.5 Å². The molecule has 1 aliphatic rings. The van der Waals surface area contributed by atoms with E-state index < -0.39 is 11.8 Å². The fraction of sp³-hybridized carbons (Fsp3) is 0.333. The van der Waals surface area contributed by atoms with Crippen LogP contribution in [0, 0.1) is 0 Å². The van der Waals surface area contributed by atoms with Crippen molar-refractivity contribution in [1.82, 2.24) is 4.90 Å². The number of nitrogens with one attached hydrogen (secondary N) is 2. The first-order valence-electron chi connectivity index (χ1n) is 9.44. The van der Waals surface area contributed by atoms with E-state index >= 15 is 0 Å².